The number of carboxylic acid groups (broad SMARTS) is 2. The molecule has 158 valence electrons. The average Bonchev–Trinajstić information content (AvgIpc) is 2.74. The Kier molecular flexibility index (Phi) is 7.78. The number of β-lactam (4-membered cyclic amide) rings is 1. The molecule has 1 atom stereocenters. The van der Waals surface area contributed by atoms with Crippen LogP contribution in [0.2, 0.25) is 0 Å². The Balaban J connectivity index is 0.00000289. The SMILES string of the molecule is O=C(O)C1=C(/C=C/C[n+]2ccc(Nc3cccc(C(=O)[O-])c3)cc2)CS[C@@H]2CC(=O)N12.[Na+]. The summed E-state index contributed by atoms with van der Waals surface area (Å²) in [6, 6.07) is 10.1. The summed E-state index contributed by atoms with van der Waals surface area (Å²) >= 11 is 1.57. The van der Waals surface area contributed by atoms with Crippen LogP contribution in [0, 0.1) is 0 Å². The second-order valence-corrected chi connectivity index (χ2v) is 8.26. The first-order chi connectivity index (χ1) is 14.9. The number of benzene rings is 1. The van der Waals surface area contributed by atoms with Gasteiger partial charge < -0.3 is 20.3 Å². The number of carbonyl (C=O) groups is 3. The maximum absolute atomic E-state index is 11.8. The summed E-state index contributed by atoms with van der Waals surface area (Å²) in [5.41, 5.74) is 2.25. The zero-order valence-electron chi connectivity index (χ0n) is 17.4. The van der Waals surface area contributed by atoms with Gasteiger partial charge in [-0.25, -0.2) is 9.36 Å². The molecule has 1 amide bonds. The summed E-state index contributed by atoms with van der Waals surface area (Å²) in [6.07, 6.45) is 7.73. The number of hydrogen-bond acceptors (Lipinski definition) is 6. The third kappa shape index (κ3) is 5.24. The molecule has 1 fully saturated rings. The minimum atomic E-state index is -1.23. The van der Waals surface area contributed by atoms with Crippen molar-refractivity contribution in [1.29, 1.82) is 0 Å². The minimum Gasteiger partial charge on any atom is -0.545 e. The Morgan fingerprint density at radius 3 is 2.66 bits per heavy atom. The van der Waals surface area contributed by atoms with Gasteiger partial charge in [-0.15, -0.1) is 11.8 Å². The van der Waals surface area contributed by atoms with Crippen LogP contribution in [0.15, 0.2) is 72.2 Å². The number of nitrogens with one attached hydrogen (secondary N) is 1. The molecule has 3 heterocycles. The summed E-state index contributed by atoms with van der Waals surface area (Å²) in [6.45, 7) is 0.527. The molecule has 2 aliphatic rings. The molecule has 0 radical (unpaired) electrons. The molecule has 2 aliphatic heterocycles. The van der Waals surface area contributed by atoms with E-state index in [9.17, 15) is 24.6 Å². The number of allylic oxidation sites excluding steroid dienone is 2. The molecule has 8 nitrogen and oxygen atoms in total. The summed E-state index contributed by atoms with van der Waals surface area (Å²) < 4.78 is 1.91. The van der Waals surface area contributed by atoms with Gasteiger partial charge in [0.15, 0.2) is 18.9 Å². The minimum absolute atomic E-state index is 0. The van der Waals surface area contributed by atoms with Gasteiger partial charge >= 0.3 is 35.5 Å². The molecular formula is C22H19N3NaO5S+. The number of hydrogen-bond donors (Lipinski definition) is 2. The van der Waals surface area contributed by atoms with E-state index in [2.05, 4.69) is 5.32 Å². The number of carbonyl (C=O) groups excluding carboxylic acids is 2. The van der Waals surface area contributed by atoms with E-state index in [0.717, 1.165) is 5.69 Å². The monoisotopic (exact) mass is 460 g/mol. The number of anilines is 2. The number of amides is 1. The van der Waals surface area contributed by atoms with Crippen LogP contribution < -0.4 is 44.5 Å². The number of aromatic carboxylic acids is 1. The van der Waals surface area contributed by atoms with Crippen molar-refractivity contribution in [2.24, 2.45) is 0 Å². The van der Waals surface area contributed by atoms with Crippen molar-refractivity contribution in [2.75, 3.05) is 11.1 Å². The van der Waals surface area contributed by atoms with Crippen molar-refractivity contribution in [3.8, 4) is 0 Å². The number of fused-ring (bicyclic) bond motifs is 1. The van der Waals surface area contributed by atoms with E-state index in [-0.39, 0.29) is 52.1 Å². The fourth-order valence-corrected chi connectivity index (χ4v) is 4.67. The zero-order chi connectivity index (χ0) is 22.0. The average molecular weight is 460 g/mol. The van der Waals surface area contributed by atoms with Crippen molar-refractivity contribution in [3.05, 3.63) is 77.8 Å². The molecule has 4 rings (SSSR count). The molecule has 32 heavy (non-hydrogen) atoms. The van der Waals surface area contributed by atoms with E-state index in [1.165, 1.54) is 17.0 Å². The fourth-order valence-electron chi connectivity index (χ4n) is 3.44. The molecule has 0 saturated carbocycles. The van der Waals surface area contributed by atoms with E-state index in [0.29, 0.717) is 30.0 Å². The van der Waals surface area contributed by atoms with E-state index >= 15 is 0 Å². The van der Waals surface area contributed by atoms with Crippen LogP contribution >= 0.6 is 11.8 Å². The topological polar surface area (TPSA) is 114 Å². The molecule has 0 unspecified atom stereocenters. The number of pyridine rings is 1. The number of rotatable bonds is 7. The molecule has 1 aromatic carbocycles. The van der Waals surface area contributed by atoms with E-state index in [4.69, 9.17) is 0 Å². The van der Waals surface area contributed by atoms with E-state index in [1.54, 1.807) is 30.0 Å². The smallest absolute Gasteiger partial charge is 0.545 e. The van der Waals surface area contributed by atoms with Gasteiger partial charge in [-0.1, -0.05) is 18.2 Å². The van der Waals surface area contributed by atoms with Crippen LogP contribution in [0.5, 0.6) is 0 Å². The number of nitrogens with zero attached hydrogens (tertiary/aromatic N) is 2. The predicted molar refractivity (Wildman–Crippen MR) is 112 cm³/mol. The van der Waals surface area contributed by atoms with Gasteiger partial charge in [0.05, 0.1) is 23.5 Å². The molecule has 10 heteroatoms. The molecule has 0 spiro atoms. The Hall–Kier alpha value is -2.59. The normalized spacial score (nSPS) is 17.4. The Morgan fingerprint density at radius 1 is 1.25 bits per heavy atom. The van der Waals surface area contributed by atoms with Crippen LogP contribution in [0.1, 0.15) is 16.8 Å². The van der Waals surface area contributed by atoms with Gasteiger partial charge in [0.25, 0.3) is 0 Å². The van der Waals surface area contributed by atoms with Crippen LogP contribution in [-0.4, -0.2) is 39.0 Å². The summed E-state index contributed by atoms with van der Waals surface area (Å²) in [4.78, 5) is 35.8. The third-order valence-electron chi connectivity index (χ3n) is 5.00. The molecule has 1 aromatic heterocycles. The predicted octanol–water partition coefficient (Wildman–Crippen LogP) is -1.71. The number of thioether (sulfide) groups is 1. The second-order valence-electron chi connectivity index (χ2n) is 7.09. The first-order valence-electron chi connectivity index (χ1n) is 9.56. The first kappa shape index (κ1) is 24.1. The quantitative estimate of drug-likeness (QED) is 0.287. The molecule has 1 saturated heterocycles. The van der Waals surface area contributed by atoms with Gasteiger partial charge in [-0.05, 0) is 29.3 Å². The van der Waals surface area contributed by atoms with Crippen LogP contribution in [0.4, 0.5) is 11.4 Å². The van der Waals surface area contributed by atoms with E-state index < -0.39 is 11.9 Å². The van der Waals surface area contributed by atoms with Crippen molar-refractivity contribution < 1.29 is 58.7 Å². The van der Waals surface area contributed by atoms with Crippen LogP contribution in [0.25, 0.3) is 0 Å². The molecule has 0 aliphatic carbocycles. The maximum Gasteiger partial charge on any atom is 1.00 e. The maximum atomic E-state index is 11.8. The molecular weight excluding hydrogens is 441 g/mol. The van der Waals surface area contributed by atoms with Gasteiger partial charge in [0.1, 0.15) is 5.70 Å². The van der Waals surface area contributed by atoms with Crippen LogP contribution in [0.3, 0.4) is 0 Å². The largest absolute Gasteiger partial charge is 1.00 e. The summed E-state index contributed by atoms with van der Waals surface area (Å²) in [5.74, 6) is -1.90. The third-order valence-corrected chi connectivity index (χ3v) is 6.24. The van der Waals surface area contributed by atoms with E-state index in [1.807, 2.05) is 35.2 Å². The van der Waals surface area contributed by atoms with Crippen molar-refractivity contribution in [1.82, 2.24) is 4.90 Å². The molecule has 2 aromatic rings. The Labute approximate surface area is 210 Å². The van der Waals surface area contributed by atoms with Crippen molar-refractivity contribution in [3.63, 3.8) is 0 Å². The summed E-state index contributed by atoms with van der Waals surface area (Å²) in [5, 5.41) is 23.6. The van der Waals surface area contributed by atoms with Crippen molar-refractivity contribution >= 4 is 41.0 Å². The zero-order valence-corrected chi connectivity index (χ0v) is 20.2. The number of aliphatic carboxylic acids is 1. The fraction of sp³-hybridized carbons (Fsp3) is 0.182. The number of carboxylic acids is 2. The second kappa shape index (κ2) is 10.4. The van der Waals surface area contributed by atoms with Crippen molar-refractivity contribution in [2.45, 2.75) is 18.3 Å². The number of aromatic nitrogens is 1. The standard InChI is InChI=1S/C22H19N3O5S.Na/c26-18-12-19-25(18)20(22(29)30)15(13-31-19)4-2-8-24-9-6-16(7-10-24)23-17-5-1-3-14(11-17)21(27)28;/h1-7,9-11,19H,8,12-13H2,(H2,27,28,29,30);/q;+1/b4-2+;/t19-;/m1./s1. The van der Waals surface area contributed by atoms with Gasteiger partial charge in [0.2, 0.25) is 5.91 Å². The Bertz CT molecular complexity index is 1120. The Morgan fingerprint density at radius 2 is 2.00 bits per heavy atom. The van der Waals surface area contributed by atoms with Gasteiger partial charge in [-0.3, -0.25) is 9.69 Å². The van der Waals surface area contributed by atoms with Gasteiger partial charge in [0, 0.05) is 23.6 Å². The molecule has 0 bridgehead atoms. The van der Waals surface area contributed by atoms with Crippen LogP contribution in [-0.2, 0) is 16.1 Å². The van der Waals surface area contributed by atoms with Gasteiger partial charge in [-0.2, -0.15) is 0 Å². The molecule has 2 N–H and O–H groups in total. The first-order valence-corrected chi connectivity index (χ1v) is 10.6. The summed E-state index contributed by atoms with van der Waals surface area (Å²) in [7, 11) is 0.